The number of nitrogens with zero attached hydrogens (tertiary/aromatic N) is 1. The van der Waals surface area contributed by atoms with Crippen molar-refractivity contribution in [3.05, 3.63) is 130 Å². The summed E-state index contributed by atoms with van der Waals surface area (Å²) in [6, 6.07) is 33.1. The van der Waals surface area contributed by atoms with Gasteiger partial charge in [-0.05, 0) is 78.1 Å². The van der Waals surface area contributed by atoms with Crippen LogP contribution in [0.3, 0.4) is 0 Å². The van der Waals surface area contributed by atoms with Crippen LogP contribution in [0.25, 0.3) is 0 Å². The maximum atomic E-state index is 14.3. The standard InChI is InChI=1S/C36H38BrN3O5/c1-43-32-12-5-11-29(24-32)33-36(25-27-13-17-30(37)18-14-27,35(42)40-38-21-6-10-26-8-3-2-4-9-26)39-34(45-33)28-15-19-31(20-16-28)44-23-7-22-41/h2-5,8-9,11-20,24,33,38,41H,6-7,10,21-23,25H2,1H3,(H,40,42)/t33-,36-/m0/s1. The SMILES string of the molecule is COc1cccc([C@@H]2OC(c3ccc(OCCCO)cc3)=N[C@]2(Cc2ccc(Br)cc2)C(=O)NNCCCc2ccccc2)c1. The van der Waals surface area contributed by atoms with Gasteiger partial charge in [-0.3, -0.25) is 10.2 Å². The summed E-state index contributed by atoms with van der Waals surface area (Å²) in [5.41, 5.74) is 8.45. The number of aliphatic imine (C=N–C) groups is 1. The quantitative estimate of drug-likeness (QED) is 0.106. The molecule has 0 bridgehead atoms. The molecule has 0 unspecified atom stereocenters. The zero-order valence-electron chi connectivity index (χ0n) is 25.2. The van der Waals surface area contributed by atoms with Gasteiger partial charge in [-0.25, -0.2) is 10.4 Å². The van der Waals surface area contributed by atoms with Gasteiger partial charge < -0.3 is 19.3 Å². The first kappa shape index (κ1) is 32.2. The van der Waals surface area contributed by atoms with E-state index in [9.17, 15) is 4.79 Å². The van der Waals surface area contributed by atoms with Crippen LogP contribution in [0.5, 0.6) is 11.5 Å². The molecule has 0 fully saturated rings. The first-order valence-electron chi connectivity index (χ1n) is 15.1. The second-order valence-electron chi connectivity index (χ2n) is 10.8. The lowest BCUT2D eigenvalue weighted by atomic mass is 9.82. The van der Waals surface area contributed by atoms with Gasteiger partial charge in [0.2, 0.25) is 5.90 Å². The van der Waals surface area contributed by atoms with E-state index in [0.717, 1.165) is 34.0 Å². The van der Waals surface area contributed by atoms with Crippen LogP contribution in [0.15, 0.2) is 113 Å². The molecule has 1 heterocycles. The minimum absolute atomic E-state index is 0.0682. The molecule has 5 rings (SSSR count). The van der Waals surface area contributed by atoms with Crippen molar-refractivity contribution in [2.24, 2.45) is 4.99 Å². The number of hydrogen-bond donors (Lipinski definition) is 3. The number of halogens is 1. The van der Waals surface area contributed by atoms with E-state index >= 15 is 0 Å². The molecule has 0 aliphatic carbocycles. The van der Waals surface area contributed by atoms with Crippen LogP contribution >= 0.6 is 15.9 Å². The van der Waals surface area contributed by atoms with Crippen molar-refractivity contribution in [1.82, 2.24) is 10.9 Å². The van der Waals surface area contributed by atoms with Gasteiger partial charge in [-0.2, -0.15) is 0 Å². The van der Waals surface area contributed by atoms with Crippen LogP contribution in [0.2, 0.25) is 0 Å². The summed E-state index contributed by atoms with van der Waals surface area (Å²) in [7, 11) is 1.61. The van der Waals surface area contributed by atoms with Gasteiger partial charge in [0, 0.05) is 36.0 Å². The fourth-order valence-corrected chi connectivity index (χ4v) is 5.54. The number of carbonyl (C=O) groups is 1. The highest BCUT2D eigenvalue weighted by atomic mass is 79.9. The van der Waals surface area contributed by atoms with Crippen LogP contribution in [0, 0.1) is 0 Å². The van der Waals surface area contributed by atoms with E-state index in [0.29, 0.717) is 43.4 Å². The molecule has 0 saturated heterocycles. The number of benzene rings is 4. The monoisotopic (exact) mass is 671 g/mol. The average Bonchev–Trinajstić information content (AvgIpc) is 3.47. The Labute approximate surface area is 272 Å². The van der Waals surface area contributed by atoms with Gasteiger partial charge in [-0.1, -0.05) is 70.5 Å². The molecule has 4 aromatic carbocycles. The number of amides is 1. The topological polar surface area (TPSA) is 101 Å². The number of aryl methyl sites for hydroxylation is 1. The lowest BCUT2D eigenvalue weighted by Gasteiger charge is -2.31. The summed E-state index contributed by atoms with van der Waals surface area (Å²) in [5.74, 6) is 1.40. The van der Waals surface area contributed by atoms with Crippen LogP contribution in [-0.4, -0.2) is 49.3 Å². The Hall–Kier alpha value is -4.18. The highest BCUT2D eigenvalue weighted by molar-refractivity contribution is 9.10. The number of rotatable bonds is 15. The third kappa shape index (κ3) is 8.30. The fourth-order valence-electron chi connectivity index (χ4n) is 5.28. The molecule has 1 amide bonds. The van der Waals surface area contributed by atoms with Crippen LogP contribution in [0.4, 0.5) is 0 Å². The highest BCUT2D eigenvalue weighted by Gasteiger charge is 2.53. The molecular formula is C36H38BrN3O5. The number of aliphatic hydroxyl groups is 1. The first-order valence-corrected chi connectivity index (χ1v) is 15.9. The summed E-state index contributed by atoms with van der Waals surface area (Å²) in [4.78, 5) is 19.4. The number of nitrogens with one attached hydrogen (secondary N) is 2. The summed E-state index contributed by atoms with van der Waals surface area (Å²) in [5, 5.41) is 9.07. The molecule has 0 radical (unpaired) electrons. The Balaban J connectivity index is 1.46. The van der Waals surface area contributed by atoms with E-state index in [1.54, 1.807) is 7.11 Å². The lowest BCUT2D eigenvalue weighted by Crippen LogP contribution is -2.54. The van der Waals surface area contributed by atoms with Crippen LogP contribution in [-0.2, 0) is 22.4 Å². The fraction of sp³-hybridized carbons (Fsp3) is 0.278. The van der Waals surface area contributed by atoms with Gasteiger partial charge in [0.25, 0.3) is 5.91 Å². The first-order chi connectivity index (χ1) is 22.0. The summed E-state index contributed by atoms with van der Waals surface area (Å²) < 4.78 is 18.8. The molecular weight excluding hydrogens is 634 g/mol. The molecule has 0 spiro atoms. The Morgan fingerprint density at radius 2 is 1.71 bits per heavy atom. The van der Waals surface area contributed by atoms with E-state index in [4.69, 9.17) is 24.3 Å². The smallest absolute Gasteiger partial charge is 0.266 e. The number of ether oxygens (including phenoxy) is 3. The molecule has 4 aromatic rings. The molecule has 1 aliphatic rings. The number of aliphatic hydroxyl groups excluding tert-OH is 1. The minimum atomic E-state index is -1.34. The molecule has 0 saturated carbocycles. The summed E-state index contributed by atoms with van der Waals surface area (Å²) in [6.45, 7) is 1.08. The number of hydrazine groups is 1. The Morgan fingerprint density at radius 1 is 0.933 bits per heavy atom. The number of methoxy groups -OCH3 is 1. The van der Waals surface area contributed by atoms with Crippen LogP contribution in [0.1, 0.15) is 41.2 Å². The van der Waals surface area contributed by atoms with Gasteiger partial charge in [0.15, 0.2) is 11.6 Å². The van der Waals surface area contributed by atoms with Crippen molar-refractivity contribution in [2.75, 3.05) is 26.9 Å². The van der Waals surface area contributed by atoms with Crippen molar-refractivity contribution in [1.29, 1.82) is 0 Å². The zero-order valence-corrected chi connectivity index (χ0v) is 26.8. The van der Waals surface area contributed by atoms with Crippen molar-refractivity contribution >= 4 is 27.7 Å². The average molecular weight is 673 g/mol. The van der Waals surface area contributed by atoms with Gasteiger partial charge in [0.05, 0.1) is 13.7 Å². The predicted octanol–water partition coefficient (Wildman–Crippen LogP) is 5.97. The molecule has 0 aromatic heterocycles. The van der Waals surface area contributed by atoms with Gasteiger partial charge >= 0.3 is 0 Å². The normalized spacial score (nSPS) is 17.3. The Bertz CT molecular complexity index is 1560. The molecule has 45 heavy (non-hydrogen) atoms. The third-order valence-electron chi connectivity index (χ3n) is 7.63. The maximum absolute atomic E-state index is 14.3. The van der Waals surface area contributed by atoms with Crippen molar-refractivity contribution in [3.63, 3.8) is 0 Å². The Morgan fingerprint density at radius 3 is 2.44 bits per heavy atom. The highest BCUT2D eigenvalue weighted by Crippen LogP contribution is 2.43. The minimum Gasteiger partial charge on any atom is -0.497 e. The molecule has 8 nitrogen and oxygen atoms in total. The van der Waals surface area contributed by atoms with Crippen molar-refractivity contribution in [3.8, 4) is 11.5 Å². The lowest BCUT2D eigenvalue weighted by molar-refractivity contribution is -0.130. The Kier molecular flexibility index (Phi) is 11.2. The number of carbonyl (C=O) groups excluding carboxylic acids is 1. The van der Waals surface area contributed by atoms with E-state index in [2.05, 4.69) is 38.9 Å². The van der Waals surface area contributed by atoms with E-state index < -0.39 is 11.6 Å². The van der Waals surface area contributed by atoms with Crippen molar-refractivity contribution < 1.29 is 24.1 Å². The predicted molar refractivity (Wildman–Crippen MR) is 178 cm³/mol. The summed E-state index contributed by atoms with van der Waals surface area (Å²) in [6.07, 6.45) is 1.85. The van der Waals surface area contributed by atoms with Gasteiger partial charge in [-0.15, -0.1) is 0 Å². The van der Waals surface area contributed by atoms with E-state index in [-0.39, 0.29) is 12.5 Å². The molecule has 234 valence electrons. The van der Waals surface area contributed by atoms with Crippen LogP contribution < -0.4 is 20.3 Å². The van der Waals surface area contributed by atoms with E-state index in [1.165, 1.54) is 5.56 Å². The molecule has 3 N–H and O–H groups in total. The second-order valence-corrected chi connectivity index (χ2v) is 11.8. The summed E-state index contributed by atoms with van der Waals surface area (Å²) >= 11 is 3.52. The van der Waals surface area contributed by atoms with E-state index in [1.807, 2.05) is 91.0 Å². The largest absolute Gasteiger partial charge is 0.497 e. The third-order valence-corrected chi connectivity index (χ3v) is 8.15. The zero-order chi connectivity index (χ0) is 31.5. The second kappa shape index (κ2) is 15.7. The van der Waals surface area contributed by atoms with Crippen molar-refractivity contribution in [2.45, 2.75) is 37.3 Å². The number of hydrogen-bond acceptors (Lipinski definition) is 7. The molecule has 1 aliphatic heterocycles. The molecule has 9 heteroatoms. The van der Waals surface area contributed by atoms with Gasteiger partial charge in [0.1, 0.15) is 11.5 Å². The maximum Gasteiger partial charge on any atom is 0.266 e. The molecule has 2 atom stereocenters.